The van der Waals surface area contributed by atoms with Gasteiger partial charge >= 0.3 is 5.97 Å². The Labute approximate surface area is 538 Å². The number of nitrogens with one attached hydrogen (secondary N) is 9. The monoisotopic (exact) mass is 1300 g/mol. The number of carboxylic acids is 1. The predicted molar refractivity (Wildman–Crippen MR) is 334 cm³/mol. The number of primary amides is 1. The number of carbonyl (C=O) groups is 14. The van der Waals surface area contributed by atoms with Crippen molar-refractivity contribution in [1.29, 1.82) is 0 Å². The second kappa shape index (κ2) is 36.6. The van der Waals surface area contributed by atoms with Crippen LogP contribution in [0.5, 0.6) is 0 Å². The van der Waals surface area contributed by atoms with Crippen molar-refractivity contribution in [2.75, 3.05) is 32.8 Å². The number of aliphatic hydroxyl groups excluding tert-OH is 2. The number of nitrogens with two attached hydrogens (primary N) is 2. The number of rotatable bonds is 35. The van der Waals surface area contributed by atoms with Gasteiger partial charge in [0.25, 0.3) is 0 Å². The maximum absolute atomic E-state index is 14.3. The number of aliphatic carboxylic acids is 1. The third kappa shape index (κ3) is 22.4. The third-order valence-corrected chi connectivity index (χ3v) is 17.0. The fourth-order valence-corrected chi connectivity index (χ4v) is 11.2. The molecule has 13 amide bonds. The van der Waals surface area contributed by atoms with E-state index in [1.165, 1.54) is 16.7 Å². The van der Waals surface area contributed by atoms with Crippen LogP contribution in [0.25, 0.3) is 0 Å². The van der Waals surface area contributed by atoms with E-state index >= 15 is 0 Å². The molecule has 31 heteroatoms. The molecule has 0 spiro atoms. The Morgan fingerprint density at radius 2 is 0.859 bits per heavy atom. The minimum atomic E-state index is -1.66. The molecule has 0 saturated carbocycles. The highest BCUT2D eigenvalue weighted by molar-refractivity contribution is 6.00. The van der Waals surface area contributed by atoms with Crippen LogP contribution in [0, 0.1) is 35.5 Å². The number of amides is 13. The largest absolute Gasteiger partial charge is 0.480 e. The van der Waals surface area contributed by atoms with Gasteiger partial charge in [-0.2, -0.15) is 0 Å². The molecule has 3 rings (SSSR count). The van der Waals surface area contributed by atoms with Gasteiger partial charge in [-0.25, -0.2) is 0 Å². The van der Waals surface area contributed by atoms with Crippen molar-refractivity contribution in [3.63, 3.8) is 0 Å². The summed E-state index contributed by atoms with van der Waals surface area (Å²) in [6, 6.07) is -15.3. The lowest BCUT2D eigenvalue weighted by Gasteiger charge is -2.33. The minimum absolute atomic E-state index is 0.0129. The highest BCUT2D eigenvalue weighted by Gasteiger charge is 2.45. The van der Waals surface area contributed by atoms with E-state index in [9.17, 15) is 77.3 Å². The Morgan fingerprint density at radius 3 is 1.26 bits per heavy atom. The van der Waals surface area contributed by atoms with Crippen molar-refractivity contribution >= 4 is 82.8 Å². The Kier molecular flexibility index (Phi) is 31.3. The number of carboxylic acid groups (broad SMARTS) is 1. The quantitative estimate of drug-likeness (QED) is 0.0296. The molecule has 3 aliphatic heterocycles. The van der Waals surface area contributed by atoms with Crippen LogP contribution in [0.3, 0.4) is 0 Å². The topological polar surface area (TPSA) is 470 Å². The van der Waals surface area contributed by atoms with E-state index in [0.717, 1.165) is 4.90 Å². The molecule has 0 radical (unpaired) electrons. The maximum Gasteiger partial charge on any atom is 0.322 e. The van der Waals surface area contributed by atoms with Crippen LogP contribution in [-0.2, 0) is 67.1 Å². The summed E-state index contributed by atoms with van der Waals surface area (Å²) >= 11 is 0. The van der Waals surface area contributed by atoms with E-state index in [0.29, 0.717) is 25.7 Å². The Balaban J connectivity index is 1.75. The van der Waals surface area contributed by atoms with Crippen molar-refractivity contribution in [3.8, 4) is 0 Å². The fraction of sp³-hybridized carbons (Fsp3) is 0.770. The first-order chi connectivity index (χ1) is 43.0. The number of nitrogens with zero attached hydrogens (tertiary/aromatic N) is 3. The highest BCUT2D eigenvalue weighted by atomic mass is 16.4. The zero-order chi connectivity index (χ0) is 69.8. The Bertz CT molecular complexity index is 2640. The predicted octanol–water partition coefficient (Wildman–Crippen LogP) is -3.28. The first kappa shape index (κ1) is 78.7. The molecule has 0 aliphatic carbocycles. The highest BCUT2D eigenvalue weighted by Crippen LogP contribution is 2.25. The first-order valence-electron chi connectivity index (χ1n) is 32.2. The molecule has 3 saturated heterocycles. The van der Waals surface area contributed by atoms with E-state index in [2.05, 4.69) is 47.9 Å². The lowest BCUT2D eigenvalue weighted by molar-refractivity contribution is -0.145. The van der Waals surface area contributed by atoms with E-state index in [-0.39, 0.29) is 70.0 Å². The van der Waals surface area contributed by atoms with Gasteiger partial charge < -0.3 is 89.3 Å². The van der Waals surface area contributed by atoms with Gasteiger partial charge in [-0.15, -0.1) is 0 Å². The number of likely N-dealkylation sites (tertiary alicyclic amines) is 3. The average Bonchev–Trinajstić information content (AvgIpc) is 1.60. The molecule has 31 nitrogen and oxygen atoms in total. The van der Waals surface area contributed by atoms with E-state index in [4.69, 9.17) is 16.6 Å². The van der Waals surface area contributed by atoms with Gasteiger partial charge in [0.2, 0.25) is 76.8 Å². The van der Waals surface area contributed by atoms with E-state index in [1.807, 2.05) is 0 Å². The van der Waals surface area contributed by atoms with Gasteiger partial charge in [0, 0.05) is 26.1 Å². The van der Waals surface area contributed by atoms with Crippen LogP contribution >= 0.6 is 0 Å². The van der Waals surface area contributed by atoms with Crippen molar-refractivity contribution in [3.05, 3.63) is 0 Å². The first-order valence-corrected chi connectivity index (χ1v) is 32.2. The average molecular weight is 1310 g/mol. The molecule has 14 atom stereocenters. The van der Waals surface area contributed by atoms with Crippen LogP contribution in [0.15, 0.2) is 0 Å². The summed E-state index contributed by atoms with van der Waals surface area (Å²) in [5, 5.41) is 53.8. The molecule has 3 fully saturated rings. The SMILES string of the molecule is CC[C@H](C)[C@H](NC(=O)[C@@H](N)C(C)C)C(=O)N[C@@H](CCC(N)=O)C(=O)N1CCC[C@H]1C(=O)N[C@@H](CO)C(=O)N1CCC[C@H]1C(=O)N[C@H](C(=O)N[C@H](C(=O)N[C@H](C(=O)N[C@H](C(=O)N[C@@H](CC(C)C)C(=O)N1CCC[C@H]1C(=O)NCC(=O)O)[C@@H](C)O)C(C)C)C(C)C)C(C)C. The molecule has 0 aromatic rings. The molecule has 0 aromatic heterocycles. The molecule has 16 N–H and O–H groups in total. The molecule has 92 heavy (non-hydrogen) atoms. The van der Waals surface area contributed by atoms with Crippen molar-refractivity contribution < 1.29 is 82.4 Å². The van der Waals surface area contributed by atoms with Gasteiger partial charge in [-0.05, 0) is 93.8 Å². The molecule has 0 aromatic carbocycles. The molecule has 3 aliphatic rings. The molecule has 520 valence electrons. The lowest BCUT2D eigenvalue weighted by atomic mass is 9.96. The Morgan fingerprint density at radius 1 is 0.478 bits per heavy atom. The van der Waals surface area contributed by atoms with Crippen LogP contribution in [-0.4, -0.2) is 224 Å². The zero-order valence-corrected chi connectivity index (χ0v) is 55.6. The zero-order valence-electron chi connectivity index (χ0n) is 55.6. The number of carbonyl (C=O) groups excluding carboxylic acids is 13. The standard InChI is InChI=1S/C61H104N14O17/c1-14-34(12)48(71-53(84)44(63)30(4)5)57(88)65-36(21-22-42(62)78)59(90)74-24-16-19-40(74)51(82)67-38(28-76)61(92)75-25-17-20-41(75)52(83)68-45(31(6)7)54(85)69-46(32(8)9)55(86)70-47(33(10)11)56(87)72-49(35(13)77)58(89)66-37(26-29(2)3)60(91)73-23-15-18-39(73)50(81)64-27-43(79)80/h29-41,44-49,76-77H,14-28,63H2,1-13H3,(H2,62,78)(H,64,81)(H,65,88)(H,66,89)(H,67,82)(H,68,83)(H,69,85)(H,70,86)(H,71,84)(H,72,87)(H,79,80)/t34-,35+,36-,37-,38-,39-,40-,41-,44-,45-,46-,47-,48-,49-/m0/s1. The molecule has 0 unspecified atom stereocenters. The third-order valence-electron chi connectivity index (χ3n) is 17.0. The van der Waals surface area contributed by atoms with Crippen molar-refractivity contribution in [1.82, 2.24) is 62.6 Å². The van der Waals surface area contributed by atoms with Gasteiger partial charge in [-0.3, -0.25) is 67.1 Å². The molecular formula is C61H104N14O17. The van der Waals surface area contributed by atoms with Gasteiger partial charge in [0.05, 0.1) is 18.8 Å². The summed E-state index contributed by atoms with van der Waals surface area (Å²) < 4.78 is 0. The maximum atomic E-state index is 14.3. The summed E-state index contributed by atoms with van der Waals surface area (Å²) in [6.45, 7) is 20.2. The van der Waals surface area contributed by atoms with Gasteiger partial charge in [0.15, 0.2) is 0 Å². The summed E-state index contributed by atoms with van der Waals surface area (Å²) in [7, 11) is 0. The molecule has 3 heterocycles. The molecular weight excluding hydrogens is 1200 g/mol. The van der Waals surface area contributed by atoms with Crippen LogP contribution < -0.4 is 59.3 Å². The number of hydrogen-bond donors (Lipinski definition) is 14. The van der Waals surface area contributed by atoms with Crippen molar-refractivity contribution in [2.24, 2.45) is 47.0 Å². The summed E-state index contributed by atoms with van der Waals surface area (Å²) in [5.74, 6) is -14.0. The Hall–Kier alpha value is -7.54. The summed E-state index contributed by atoms with van der Waals surface area (Å²) in [4.78, 5) is 194. The minimum Gasteiger partial charge on any atom is -0.480 e. The van der Waals surface area contributed by atoms with E-state index in [1.54, 1.807) is 83.1 Å². The number of hydrogen-bond acceptors (Lipinski definition) is 17. The van der Waals surface area contributed by atoms with E-state index < -0.39 is 198 Å². The van der Waals surface area contributed by atoms with Crippen LogP contribution in [0.1, 0.15) is 154 Å². The van der Waals surface area contributed by atoms with Gasteiger partial charge in [-0.1, -0.05) is 89.5 Å². The van der Waals surface area contributed by atoms with Gasteiger partial charge in [0.1, 0.15) is 73.0 Å². The normalized spacial score (nSPS) is 20.1. The number of aliphatic hydroxyl groups is 2. The van der Waals surface area contributed by atoms with Crippen LogP contribution in [0.4, 0.5) is 0 Å². The summed E-state index contributed by atoms with van der Waals surface area (Å²) in [6.07, 6.45) is -0.0313. The van der Waals surface area contributed by atoms with Crippen LogP contribution in [0.2, 0.25) is 0 Å². The molecule has 0 bridgehead atoms. The fourth-order valence-electron chi connectivity index (χ4n) is 11.2. The smallest absolute Gasteiger partial charge is 0.322 e. The second-order valence-corrected chi connectivity index (χ2v) is 26.2. The summed E-state index contributed by atoms with van der Waals surface area (Å²) in [5.41, 5.74) is 11.5. The van der Waals surface area contributed by atoms with Crippen molar-refractivity contribution in [2.45, 2.75) is 233 Å². The second-order valence-electron chi connectivity index (χ2n) is 26.2. The lowest BCUT2D eigenvalue weighted by Crippen LogP contribution is -2.63.